The summed E-state index contributed by atoms with van der Waals surface area (Å²) >= 11 is 0. The van der Waals surface area contributed by atoms with Crippen LogP contribution in [0.3, 0.4) is 0 Å². The molecule has 0 bridgehead atoms. The lowest BCUT2D eigenvalue weighted by Gasteiger charge is -2.31. The number of rotatable bonds is 4. The van der Waals surface area contributed by atoms with Crippen LogP contribution in [0.2, 0.25) is 0 Å². The van der Waals surface area contributed by atoms with Crippen molar-refractivity contribution in [3.05, 3.63) is 41.2 Å². The molecule has 2 aliphatic rings. The molecule has 0 radical (unpaired) electrons. The number of aryl methyl sites for hydroxylation is 1. The first-order valence-corrected chi connectivity index (χ1v) is 9.51. The summed E-state index contributed by atoms with van der Waals surface area (Å²) in [5.41, 5.74) is 2.28. The number of likely N-dealkylation sites (tertiary alicyclic amines) is 1. The van der Waals surface area contributed by atoms with Crippen molar-refractivity contribution in [3.8, 4) is 0 Å². The monoisotopic (exact) mass is 356 g/mol. The Bertz CT molecular complexity index is 756. The van der Waals surface area contributed by atoms with E-state index in [4.69, 9.17) is 0 Å². The van der Waals surface area contributed by atoms with E-state index in [0.717, 1.165) is 56.5 Å². The van der Waals surface area contributed by atoms with Gasteiger partial charge in [0.05, 0.1) is 24.4 Å². The van der Waals surface area contributed by atoms with Gasteiger partial charge in [-0.3, -0.25) is 14.8 Å². The summed E-state index contributed by atoms with van der Waals surface area (Å²) in [5, 5.41) is 19.1. The number of nitrogens with zero attached hydrogens (tertiary/aromatic N) is 6. The number of pyridine rings is 1. The summed E-state index contributed by atoms with van der Waals surface area (Å²) in [5.74, 6) is 2.03. The molecule has 7 nitrogen and oxygen atoms in total. The molecule has 2 aromatic rings. The molecule has 140 valence electrons. The fourth-order valence-corrected chi connectivity index (χ4v) is 4.10. The van der Waals surface area contributed by atoms with E-state index in [9.17, 15) is 5.11 Å². The topological polar surface area (TPSA) is 70.3 Å². The van der Waals surface area contributed by atoms with Crippen LogP contribution < -0.4 is 0 Å². The highest BCUT2D eigenvalue weighted by Gasteiger charge is 2.37. The van der Waals surface area contributed by atoms with E-state index < -0.39 is 0 Å². The number of hydrogen-bond donors (Lipinski definition) is 1. The third-order valence-corrected chi connectivity index (χ3v) is 5.50. The molecule has 0 amide bonds. The molecular formula is C19H28N6O. The molecule has 2 aromatic heterocycles. The van der Waals surface area contributed by atoms with Gasteiger partial charge < -0.3 is 9.67 Å². The first-order valence-electron chi connectivity index (χ1n) is 9.51. The molecule has 2 atom stereocenters. The van der Waals surface area contributed by atoms with E-state index in [1.165, 1.54) is 5.56 Å². The van der Waals surface area contributed by atoms with Crippen molar-refractivity contribution in [2.75, 3.05) is 13.1 Å². The summed E-state index contributed by atoms with van der Waals surface area (Å²) in [6.45, 7) is 10.6. The standard InChI is InChI=1S/C19H28N6O/c1-13(2)25-11-16(26)8-17(25)19-22-21-18-12-23(6-7-24(18)19)10-15-5-4-14(3)9-20-15/h4-5,9,13,16-17,26H,6-8,10-12H2,1-3H3/t16-,17-/m0/s1. The van der Waals surface area contributed by atoms with E-state index >= 15 is 0 Å². The molecule has 1 saturated heterocycles. The van der Waals surface area contributed by atoms with Gasteiger partial charge in [-0.25, -0.2) is 0 Å². The molecule has 4 heterocycles. The van der Waals surface area contributed by atoms with E-state index in [1.54, 1.807) is 0 Å². The Hall–Kier alpha value is -1.83. The van der Waals surface area contributed by atoms with E-state index in [0.29, 0.717) is 6.04 Å². The minimum Gasteiger partial charge on any atom is -0.392 e. The average Bonchev–Trinajstić information content (AvgIpc) is 3.20. The molecule has 2 aliphatic heterocycles. The van der Waals surface area contributed by atoms with Gasteiger partial charge in [0.2, 0.25) is 0 Å². The van der Waals surface area contributed by atoms with Gasteiger partial charge in [0.25, 0.3) is 0 Å². The van der Waals surface area contributed by atoms with Crippen LogP contribution in [-0.4, -0.2) is 59.9 Å². The van der Waals surface area contributed by atoms with Crippen LogP contribution in [0.15, 0.2) is 18.3 Å². The quantitative estimate of drug-likeness (QED) is 0.896. The number of aromatic nitrogens is 4. The second-order valence-electron chi connectivity index (χ2n) is 7.86. The van der Waals surface area contributed by atoms with Crippen LogP contribution in [0, 0.1) is 6.92 Å². The minimum atomic E-state index is -0.275. The molecule has 26 heavy (non-hydrogen) atoms. The fraction of sp³-hybridized carbons (Fsp3) is 0.632. The Morgan fingerprint density at radius 1 is 1.23 bits per heavy atom. The van der Waals surface area contributed by atoms with Crippen molar-refractivity contribution in [2.45, 2.75) is 65.0 Å². The Morgan fingerprint density at radius 3 is 2.81 bits per heavy atom. The van der Waals surface area contributed by atoms with Gasteiger partial charge >= 0.3 is 0 Å². The molecule has 0 unspecified atom stereocenters. The summed E-state index contributed by atoms with van der Waals surface area (Å²) in [4.78, 5) is 9.22. The predicted molar refractivity (Wildman–Crippen MR) is 98.3 cm³/mol. The maximum atomic E-state index is 10.1. The highest BCUT2D eigenvalue weighted by atomic mass is 16.3. The smallest absolute Gasteiger partial charge is 0.150 e. The van der Waals surface area contributed by atoms with Crippen molar-refractivity contribution in [2.24, 2.45) is 0 Å². The van der Waals surface area contributed by atoms with Gasteiger partial charge in [-0.05, 0) is 38.8 Å². The predicted octanol–water partition coefficient (Wildman–Crippen LogP) is 1.51. The Balaban J connectivity index is 1.49. The third kappa shape index (κ3) is 3.39. The van der Waals surface area contributed by atoms with Crippen molar-refractivity contribution in [1.29, 1.82) is 0 Å². The number of aliphatic hydroxyl groups is 1. The molecular weight excluding hydrogens is 328 g/mol. The first-order chi connectivity index (χ1) is 12.5. The SMILES string of the molecule is Cc1ccc(CN2CCn3c(nnc3[C@@H]3C[C@H](O)CN3C(C)C)C2)nc1. The molecule has 0 spiro atoms. The van der Waals surface area contributed by atoms with Crippen molar-refractivity contribution in [3.63, 3.8) is 0 Å². The minimum absolute atomic E-state index is 0.163. The molecule has 4 rings (SSSR count). The maximum Gasteiger partial charge on any atom is 0.150 e. The summed E-state index contributed by atoms with van der Waals surface area (Å²) in [7, 11) is 0. The highest BCUT2D eigenvalue weighted by Crippen LogP contribution is 2.33. The van der Waals surface area contributed by atoms with Gasteiger partial charge in [0.1, 0.15) is 5.82 Å². The molecule has 1 N–H and O–H groups in total. The third-order valence-electron chi connectivity index (χ3n) is 5.50. The van der Waals surface area contributed by atoms with Crippen molar-refractivity contribution >= 4 is 0 Å². The van der Waals surface area contributed by atoms with E-state index in [2.05, 4.69) is 62.5 Å². The van der Waals surface area contributed by atoms with Crippen LogP contribution in [0.25, 0.3) is 0 Å². The normalized spacial score (nSPS) is 24.3. The van der Waals surface area contributed by atoms with Crippen LogP contribution in [0.4, 0.5) is 0 Å². The van der Waals surface area contributed by atoms with E-state index in [1.807, 2.05) is 6.20 Å². The maximum absolute atomic E-state index is 10.1. The van der Waals surface area contributed by atoms with Crippen molar-refractivity contribution < 1.29 is 5.11 Å². The van der Waals surface area contributed by atoms with Crippen molar-refractivity contribution in [1.82, 2.24) is 29.5 Å². The second-order valence-corrected chi connectivity index (χ2v) is 7.86. The van der Waals surface area contributed by atoms with Gasteiger partial charge in [-0.15, -0.1) is 10.2 Å². The summed E-state index contributed by atoms with van der Waals surface area (Å²) in [6.07, 6.45) is 2.39. The molecule has 1 fully saturated rings. The zero-order chi connectivity index (χ0) is 18.3. The summed E-state index contributed by atoms with van der Waals surface area (Å²) < 4.78 is 2.26. The Kier molecular flexibility index (Phi) is 4.77. The average molecular weight is 356 g/mol. The molecule has 0 saturated carbocycles. The molecule has 0 aliphatic carbocycles. The zero-order valence-electron chi connectivity index (χ0n) is 15.8. The Labute approximate surface area is 154 Å². The summed E-state index contributed by atoms with van der Waals surface area (Å²) in [6, 6.07) is 4.76. The lowest BCUT2D eigenvalue weighted by molar-refractivity contribution is 0.155. The van der Waals surface area contributed by atoms with Gasteiger partial charge in [0, 0.05) is 38.4 Å². The van der Waals surface area contributed by atoms with Gasteiger partial charge in [-0.1, -0.05) is 6.07 Å². The molecule has 0 aromatic carbocycles. The number of β-amino-alcohol motifs (C(OH)–C–C–N with tert-alkyl or cyclic N) is 1. The number of hydrogen-bond acceptors (Lipinski definition) is 6. The van der Waals surface area contributed by atoms with Gasteiger partial charge in [0.15, 0.2) is 5.82 Å². The van der Waals surface area contributed by atoms with Crippen LogP contribution in [-0.2, 0) is 19.6 Å². The zero-order valence-corrected chi connectivity index (χ0v) is 15.8. The number of aliphatic hydroxyl groups excluding tert-OH is 1. The lowest BCUT2D eigenvalue weighted by atomic mass is 10.1. The lowest BCUT2D eigenvalue weighted by Crippen LogP contribution is -2.36. The van der Waals surface area contributed by atoms with Crippen LogP contribution in [0.5, 0.6) is 0 Å². The Morgan fingerprint density at radius 2 is 2.08 bits per heavy atom. The van der Waals surface area contributed by atoms with Crippen LogP contribution in [0.1, 0.15) is 49.2 Å². The van der Waals surface area contributed by atoms with Crippen LogP contribution >= 0.6 is 0 Å². The first kappa shape index (κ1) is 17.6. The largest absolute Gasteiger partial charge is 0.392 e. The second kappa shape index (κ2) is 7.06. The fourth-order valence-electron chi connectivity index (χ4n) is 4.10. The van der Waals surface area contributed by atoms with Gasteiger partial charge in [-0.2, -0.15) is 0 Å². The molecule has 7 heteroatoms. The highest BCUT2D eigenvalue weighted by molar-refractivity contribution is 5.13. The van der Waals surface area contributed by atoms with E-state index in [-0.39, 0.29) is 12.1 Å². The number of fused-ring (bicyclic) bond motifs is 1.